The second-order valence-electron chi connectivity index (χ2n) is 4.63. The van der Waals surface area contributed by atoms with E-state index in [0.29, 0.717) is 6.54 Å². The molecule has 1 saturated heterocycles. The Balaban J connectivity index is 2.12. The molecule has 1 aromatic rings. The normalized spacial score (nSPS) is 22.3. The summed E-state index contributed by atoms with van der Waals surface area (Å²) >= 11 is 0. The summed E-state index contributed by atoms with van der Waals surface area (Å²) in [7, 11) is 1.86. The van der Waals surface area contributed by atoms with Gasteiger partial charge in [-0.05, 0) is 31.5 Å². The number of amides is 2. The van der Waals surface area contributed by atoms with Gasteiger partial charge in [0, 0.05) is 32.0 Å². The highest BCUT2D eigenvalue weighted by Gasteiger charge is 2.37. The molecule has 2 amide bonds. The molecular formula is C12H20N4O. The van der Waals surface area contributed by atoms with Crippen molar-refractivity contribution in [1.82, 2.24) is 14.8 Å². The van der Waals surface area contributed by atoms with Gasteiger partial charge in [0.05, 0.1) is 6.04 Å². The van der Waals surface area contributed by atoms with Crippen LogP contribution in [0.15, 0.2) is 18.5 Å². The minimum atomic E-state index is 0.0946. The summed E-state index contributed by atoms with van der Waals surface area (Å²) < 4.78 is 0. The first-order chi connectivity index (χ1) is 8.15. The van der Waals surface area contributed by atoms with Crippen LogP contribution in [-0.2, 0) is 0 Å². The zero-order valence-electron chi connectivity index (χ0n) is 10.4. The molecule has 94 valence electrons. The molecule has 17 heavy (non-hydrogen) atoms. The highest BCUT2D eigenvalue weighted by atomic mass is 16.2. The van der Waals surface area contributed by atoms with Gasteiger partial charge in [0.15, 0.2) is 0 Å². The SMILES string of the molecule is CC(CCN)N1CC(c2cc[nH]c2)N(C)C1=O. The standard InChI is InChI=1S/C12H20N4O/c1-9(3-5-13)16-8-11(15(2)12(16)17)10-4-6-14-7-10/h4,6-7,9,11,14H,3,5,8,13H2,1-2H3. The van der Waals surface area contributed by atoms with Gasteiger partial charge < -0.3 is 20.5 Å². The lowest BCUT2D eigenvalue weighted by molar-refractivity contribution is 0.182. The first kappa shape index (κ1) is 12.0. The summed E-state index contributed by atoms with van der Waals surface area (Å²) in [6.45, 7) is 3.41. The molecule has 1 aromatic heterocycles. The first-order valence-electron chi connectivity index (χ1n) is 6.01. The predicted octanol–water partition coefficient (Wildman–Crippen LogP) is 1.16. The second kappa shape index (κ2) is 4.79. The van der Waals surface area contributed by atoms with Gasteiger partial charge in [0.2, 0.25) is 0 Å². The van der Waals surface area contributed by atoms with E-state index in [1.165, 1.54) is 0 Å². The van der Waals surface area contributed by atoms with Crippen molar-refractivity contribution >= 4 is 6.03 Å². The predicted molar refractivity (Wildman–Crippen MR) is 66.5 cm³/mol. The molecule has 0 saturated carbocycles. The number of carbonyl (C=O) groups excluding carboxylic acids is 1. The van der Waals surface area contributed by atoms with Crippen LogP contribution in [0, 0.1) is 0 Å². The number of rotatable bonds is 4. The Bertz CT molecular complexity index is 376. The van der Waals surface area contributed by atoms with E-state index in [1.807, 2.05) is 30.4 Å². The minimum absolute atomic E-state index is 0.0946. The van der Waals surface area contributed by atoms with E-state index in [9.17, 15) is 4.79 Å². The first-order valence-corrected chi connectivity index (χ1v) is 6.01. The number of nitrogens with one attached hydrogen (secondary N) is 1. The third kappa shape index (κ3) is 2.15. The van der Waals surface area contributed by atoms with Gasteiger partial charge in [-0.25, -0.2) is 4.79 Å². The Morgan fingerprint density at radius 1 is 1.65 bits per heavy atom. The lowest BCUT2D eigenvalue weighted by Crippen LogP contribution is -2.37. The Morgan fingerprint density at radius 3 is 3.00 bits per heavy atom. The fraction of sp³-hybridized carbons (Fsp3) is 0.583. The lowest BCUT2D eigenvalue weighted by atomic mass is 10.1. The zero-order chi connectivity index (χ0) is 12.4. The second-order valence-corrected chi connectivity index (χ2v) is 4.63. The number of nitrogens with two attached hydrogens (primary N) is 1. The van der Waals surface area contributed by atoms with Crippen molar-refractivity contribution in [3.05, 3.63) is 24.0 Å². The Labute approximate surface area is 102 Å². The van der Waals surface area contributed by atoms with Gasteiger partial charge in [0.25, 0.3) is 0 Å². The monoisotopic (exact) mass is 236 g/mol. The van der Waals surface area contributed by atoms with Gasteiger partial charge in [-0.15, -0.1) is 0 Å². The smallest absolute Gasteiger partial charge is 0.320 e. The quantitative estimate of drug-likeness (QED) is 0.824. The average molecular weight is 236 g/mol. The number of hydrogen-bond acceptors (Lipinski definition) is 2. The molecule has 2 rings (SSSR count). The number of aromatic nitrogens is 1. The van der Waals surface area contributed by atoms with E-state index in [2.05, 4.69) is 11.9 Å². The molecule has 1 aliphatic heterocycles. The molecule has 2 heterocycles. The van der Waals surface area contributed by atoms with Gasteiger partial charge >= 0.3 is 6.03 Å². The molecule has 2 unspecified atom stereocenters. The molecule has 0 spiro atoms. The van der Waals surface area contributed by atoms with Gasteiger partial charge in [0.1, 0.15) is 0 Å². The van der Waals surface area contributed by atoms with Crippen LogP contribution in [0.2, 0.25) is 0 Å². The largest absolute Gasteiger partial charge is 0.367 e. The molecule has 5 nitrogen and oxygen atoms in total. The van der Waals surface area contributed by atoms with E-state index in [0.717, 1.165) is 18.5 Å². The van der Waals surface area contributed by atoms with E-state index in [-0.39, 0.29) is 18.1 Å². The number of nitrogens with zero attached hydrogens (tertiary/aromatic N) is 2. The number of likely N-dealkylation sites (N-methyl/N-ethyl adjacent to an activating group) is 1. The maximum absolute atomic E-state index is 12.1. The third-order valence-electron chi connectivity index (χ3n) is 3.51. The van der Waals surface area contributed by atoms with Crippen molar-refractivity contribution < 1.29 is 4.79 Å². The fourth-order valence-corrected chi connectivity index (χ4v) is 2.36. The molecular weight excluding hydrogens is 216 g/mol. The van der Waals surface area contributed by atoms with Crippen LogP contribution in [0.1, 0.15) is 24.9 Å². The van der Waals surface area contributed by atoms with Crippen molar-refractivity contribution in [3.63, 3.8) is 0 Å². The number of H-pyrrole nitrogens is 1. The Hall–Kier alpha value is -1.49. The number of hydrogen-bond donors (Lipinski definition) is 2. The molecule has 3 N–H and O–H groups in total. The van der Waals surface area contributed by atoms with Crippen LogP contribution in [0.5, 0.6) is 0 Å². The Morgan fingerprint density at radius 2 is 2.41 bits per heavy atom. The van der Waals surface area contributed by atoms with E-state index in [1.54, 1.807) is 4.90 Å². The summed E-state index contributed by atoms with van der Waals surface area (Å²) in [5.74, 6) is 0. The van der Waals surface area contributed by atoms with Crippen LogP contribution in [0.4, 0.5) is 4.79 Å². The van der Waals surface area contributed by atoms with Crippen LogP contribution in [-0.4, -0.2) is 47.0 Å². The van der Waals surface area contributed by atoms with Gasteiger partial charge in [-0.3, -0.25) is 0 Å². The highest BCUT2D eigenvalue weighted by Crippen LogP contribution is 2.29. The molecule has 5 heteroatoms. The molecule has 0 radical (unpaired) electrons. The molecule has 1 fully saturated rings. The van der Waals surface area contributed by atoms with E-state index < -0.39 is 0 Å². The summed E-state index contributed by atoms with van der Waals surface area (Å²) in [5, 5.41) is 0. The number of aromatic amines is 1. The van der Waals surface area contributed by atoms with E-state index >= 15 is 0 Å². The molecule has 1 aliphatic rings. The molecule has 0 aromatic carbocycles. The number of carbonyl (C=O) groups is 1. The van der Waals surface area contributed by atoms with Crippen LogP contribution in [0.25, 0.3) is 0 Å². The van der Waals surface area contributed by atoms with Crippen molar-refractivity contribution in [3.8, 4) is 0 Å². The third-order valence-corrected chi connectivity index (χ3v) is 3.51. The van der Waals surface area contributed by atoms with E-state index in [4.69, 9.17) is 5.73 Å². The van der Waals surface area contributed by atoms with Crippen LogP contribution < -0.4 is 5.73 Å². The summed E-state index contributed by atoms with van der Waals surface area (Å²) in [6, 6.07) is 2.47. The minimum Gasteiger partial charge on any atom is -0.367 e. The van der Waals surface area contributed by atoms with Gasteiger partial charge in [-0.2, -0.15) is 0 Å². The molecule has 0 aliphatic carbocycles. The van der Waals surface area contributed by atoms with Crippen molar-refractivity contribution in [2.75, 3.05) is 20.1 Å². The summed E-state index contributed by atoms with van der Waals surface area (Å²) in [5.41, 5.74) is 6.71. The fourth-order valence-electron chi connectivity index (χ4n) is 2.36. The van der Waals surface area contributed by atoms with Gasteiger partial charge in [-0.1, -0.05) is 0 Å². The topological polar surface area (TPSA) is 65.4 Å². The van der Waals surface area contributed by atoms with Crippen LogP contribution in [0.3, 0.4) is 0 Å². The Kier molecular flexibility index (Phi) is 3.38. The molecule has 0 bridgehead atoms. The molecule has 2 atom stereocenters. The maximum atomic E-state index is 12.1. The van der Waals surface area contributed by atoms with Crippen molar-refractivity contribution in [1.29, 1.82) is 0 Å². The summed E-state index contributed by atoms with van der Waals surface area (Å²) in [4.78, 5) is 18.9. The maximum Gasteiger partial charge on any atom is 0.320 e. The van der Waals surface area contributed by atoms with Crippen molar-refractivity contribution in [2.24, 2.45) is 5.73 Å². The lowest BCUT2D eigenvalue weighted by Gasteiger charge is -2.23. The van der Waals surface area contributed by atoms with Crippen LogP contribution >= 0.6 is 0 Å². The average Bonchev–Trinajstić information content (AvgIpc) is 2.90. The summed E-state index contributed by atoms with van der Waals surface area (Å²) in [6.07, 6.45) is 4.69. The van der Waals surface area contributed by atoms with Crippen molar-refractivity contribution in [2.45, 2.75) is 25.4 Å². The zero-order valence-corrected chi connectivity index (χ0v) is 10.4. The number of urea groups is 1. The highest BCUT2D eigenvalue weighted by molar-refractivity contribution is 5.77.